The lowest BCUT2D eigenvalue weighted by atomic mass is 10.0. The summed E-state index contributed by atoms with van der Waals surface area (Å²) in [5.74, 6) is 0.00506. The van der Waals surface area contributed by atoms with Crippen molar-refractivity contribution in [1.29, 1.82) is 0 Å². The van der Waals surface area contributed by atoms with Crippen LogP contribution in [-0.4, -0.2) is 44.2 Å². The van der Waals surface area contributed by atoms with Crippen LogP contribution in [0.2, 0.25) is 0 Å². The first-order valence-corrected chi connectivity index (χ1v) is 7.67. The lowest BCUT2D eigenvalue weighted by Crippen LogP contribution is -2.52. The van der Waals surface area contributed by atoms with Crippen molar-refractivity contribution in [3.05, 3.63) is 66.2 Å². The largest absolute Gasteiger partial charge is 0.352 e. The second-order valence-electron chi connectivity index (χ2n) is 5.56. The van der Waals surface area contributed by atoms with Crippen LogP contribution in [-0.2, 0) is 4.79 Å². The Hall–Kier alpha value is -3.22. The van der Waals surface area contributed by atoms with Crippen LogP contribution in [0.3, 0.4) is 0 Å². The maximum absolute atomic E-state index is 12.9. The maximum atomic E-state index is 12.9. The summed E-state index contributed by atoms with van der Waals surface area (Å²) in [6.07, 6.45) is 5.04. The van der Waals surface area contributed by atoms with Crippen LogP contribution in [0, 0.1) is 0 Å². The van der Waals surface area contributed by atoms with Crippen molar-refractivity contribution >= 4 is 17.6 Å². The molecule has 2 aromatic heterocycles. The average molecular weight is 321 g/mol. The number of aromatic nitrogens is 3. The number of hydrogen-bond acceptors (Lipinski definition) is 4. The van der Waals surface area contributed by atoms with E-state index >= 15 is 0 Å². The molecule has 2 amide bonds. The Morgan fingerprint density at radius 1 is 1.21 bits per heavy atom. The van der Waals surface area contributed by atoms with E-state index in [1.54, 1.807) is 34.0 Å². The Bertz CT molecular complexity index is 872. The molecule has 3 aromatic rings. The monoisotopic (exact) mass is 321 g/mol. The second-order valence-corrected chi connectivity index (χ2v) is 5.56. The molecule has 7 heteroatoms. The van der Waals surface area contributed by atoms with Gasteiger partial charge in [0, 0.05) is 31.7 Å². The third-order valence-electron chi connectivity index (χ3n) is 4.04. The summed E-state index contributed by atoms with van der Waals surface area (Å²) in [6.45, 7) is 0.866. The fraction of sp³-hybridized carbons (Fsp3) is 0.176. The van der Waals surface area contributed by atoms with Crippen LogP contribution in [0.5, 0.6) is 0 Å². The topological polar surface area (TPSA) is 79.6 Å². The van der Waals surface area contributed by atoms with Gasteiger partial charge in [-0.1, -0.05) is 30.3 Å². The molecule has 0 unspecified atom stereocenters. The Morgan fingerprint density at radius 2 is 2.04 bits per heavy atom. The summed E-state index contributed by atoms with van der Waals surface area (Å²) >= 11 is 0. The van der Waals surface area contributed by atoms with Gasteiger partial charge in [-0.3, -0.25) is 14.0 Å². The smallest absolute Gasteiger partial charge is 0.275 e. The fourth-order valence-corrected chi connectivity index (χ4v) is 2.93. The quantitative estimate of drug-likeness (QED) is 0.765. The number of benzene rings is 1. The van der Waals surface area contributed by atoms with Gasteiger partial charge in [0.1, 0.15) is 11.7 Å². The van der Waals surface area contributed by atoms with Crippen molar-refractivity contribution in [1.82, 2.24) is 24.6 Å². The Kier molecular flexibility index (Phi) is 3.45. The van der Waals surface area contributed by atoms with Crippen molar-refractivity contribution in [2.75, 3.05) is 13.1 Å². The summed E-state index contributed by atoms with van der Waals surface area (Å²) in [5, 5.41) is 2.82. The van der Waals surface area contributed by atoms with E-state index < -0.39 is 6.04 Å². The van der Waals surface area contributed by atoms with E-state index in [0.717, 1.165) is 5.56 Å². The Balaban J connectivity index is 1.72. The lowest BCUT2D eigenvalue weighted by molar-refractivity contribution is -0.128. The number of imidazole rings is 1. The minimum atomic E-state index is -0.648. The Morgan fingerprint density at radius 3 is 2.83 bits per heavy atom. The molecule has 0 radical (unpaired) electrons. The van der Waals surface area contributed by atoms with Crippen LogP contribution in [0.4, 0.5) is 0 Å². The number of hydrogen-bond donors (Lipinski definition) is 1. The molecule has 0 saturated carbocycles. The summed E-state index contributed by atoms with van der Waals surface area (Å²) in [6, 6.07) is 10.4. The van der Waals surface area contributed by atoms with E-state index in [9.17, 15) is 9.59 Å². The van der Waals surface area contributed by atoms with E-state index in [0.29, 0.717) is 18.9 Å². The highest BCUT2D eigenvalue weighted by atomic mass is 16.2. The molecule has 4 rings (SSSR count). The van der Waals surface area contributed by atoms with Crippen molar-refractivity contribution in [3.63, 3.8) is 0 Å². The van der Waals surface area contributed by atoms with Gasteiger partial charge in [-0.2, -0.15) is 0 Å². The molecule has 1 saturated heterocycles. The fourth-order valence-electron chi connectivity index (χ4n) is 2.93. The second kappa shape index (κ2) is 5.77. The van der Waals surface area contributed by atoms with E-state index in [1.807, 2.05) is 30.3 Å². The minimum absolute atomic E-state index is 0.178. The normalized spacial score (nSPS) is 17.8. The minimum Gasteiger partial charge on any atom is -0.352 e. The van der Waals surface area contributed by atoms with Gasteiger partial charge in [0.15, 0.2) is 0 Å². The predicted octanol–water partition coefficient (Wildman–Crippen LogP) is 1.04. The van der Waals surface area contributed by atoms with Gasteiger partial charge in [-0.15, -0.1) is 0 Å². The molecule has 1 fully saturated rings. The van der Waals surface area contributed by atoms with Gasteiger partial charge in [-0.25, -0.2) is 9.97 Å². The molecule has 0 bridgehead atoms. The van der Waals surface area contributed by atoms with Crippen LogP contribution in [0.1, 0.15) is 22.1 Å². The van der Waals surface area contributed by atoms with Gasteiger partial charge in [-0.05, 0) is 11.6 Å². The number of nitrogens with one attached hydrogen (secondary N) is 1. The van der Waals surface area contributed by atoms with Crippen molar-refractivity contribution < 1.29 is 9.59 Å². The molecule has 1 aromatic carbocycles. The SMILES string of the molecule is O=C1NCCN(C(=O)c2cn3cccnc3n2)[C@H]1c1ccccc1. The van der Waals surface area contributed by atoms with Gasteiger partial charge < -0.3 is 10.2 Å². The number of carbonyl (C=O) groups is 2. The number of fused-ring (bicyclic) bond motifs is 1. The average Bonchev–Trinajstić information content (AvgIpc) is 3.06. The van der Waals surface area contributed by atoms with E-state index in [4.69, 9.17) is 0 Å². The molecule has 1 atom stereocenters. The van der Waals surface area contributed by atoms with Crippen molar-refractivity contribution in [3.8, 4) is 0 Å². The first kappa shape index (κ1) is 14.4. The summed E-state index contributed by atoms with van der Waals surface area (Å²) in [4.78, 5) is 35.3. The third-order valence-corrected chi connectivity index (χ3v) is 4.04. The molecule has 120 valence electrons. The van der Waals surface area contributed by atoms with E-state index in [1.165, 1.54) is 0 Å². The van der Waals surface area contributed by atoms with Crippen molar-refractivity contribution in [2.24, 2.45) is 0 Å². The number of piperazine rings is 1. The van der Waals surface area contributed by atoms with Gasteiger partial charge >= 0.3 is 0 Å². The summed E-state index contributed by atoms with van der Waals surface area (Å²) in [7, 11) is 0. The number of carbonyl (C=O) groups excluding carboxylic acids is 2. The zero-order chi connectivity index (χ0) is 16.5. The van der Waals surface area contributed by atoms with Crippen LogP contribution in [0.15, 0.2) is 55.0 Å². The van der Waals surface area contributed by atoms with Crippen LogP contribution in [0.25, 0.3) is 5.78 Å². The lowest BCUT2D eigenvalue weighted by Gasteiger charge is -2.34. The molecule has 3 heterocycles. The highest BCUT2D eigenvalue weighted by Crippen LogP contribution is 2.24. The molecular weight excluding hydrogens is 306 g/mol. The van der Waals surface area contributed by atoms with Gasteiger partial charge in [0.2, 0.25) is 11.7 Å². The van der Waals surface area contributed by atoms with Gasteiger partial charge in [0.25, 0.3) is 5.91 Å². The van der Waals surface area contributed by atoms with Crippen molar-refractivity contribution in [2.45, 2.75) is 6.04 Å². The third kappa shape index (κ3) is 2.40. The number of amides is 2. The molecular formula is C17H15N5O2. The summed E-state index contributed by atoms with van der Waals surface area (Å²) < 4.78 is 1.69. The first-order chi connectivity index (χ1) is 11.7. The molecule has 24 heavy (non-hydrogen) atoms. The number of rotatable bonds is 2. The summed E-state index contributed by atoms with van der Waals surface area (Å²) in [5.41, 5.74) is 1.06. The van der Waals surface area contributed by atoms with E-state index in [2.05, 4.69) is 15.3 Å². The number of nitrogens with zero attached hydrogens (tertiary/aromatic N) is 4. The zero-order valence-corrected chi connectivity index (χ0v) is 12.8. The van der Waals surface area contributed by atoms with Crippen LogP contribution >= 0.6 is 0 Å². The highest BCUT2D eigenvalue weighted by Gasteiger charge is 2.35. The van der Waals surface area contributed by atoms with E-state index in [-0.39, 0.29) is 17.5 Å². The van der Waals surface area contributed by atoms with Gasteiger partial charge in [0.05, 0.1) is 0 Å². The molecule has 1 aliphatic rings. The molecule has 1 aliphatic heterocycles. The Labute approximate surface area is 137 Å². The molecule has 1 N–H and O–H groups in total. The zero-order valence-electron chi connectivity index (χ0n) is 12.8. The first-order valence-electron chi connectivity index (χ1n) is 7.67. The standard InChI is InChI=1S/C17H15N5O2/c23-15-14(12-5-2-1-3-6-12)22(10-8-18-15)16(24)13-11-21-9-4-7-19-17(21)20-13/h1-7,9,11,14H,8,10H2,(H,18,23)/t14-/m0/s1. The van der Waals surface area contributed by atoms with Crippen LogP contribution < -0.4 is 5.32 Å². The molecule has 0 aliphatic carbocycles. The molecule has 7 nitrogen and oxygen atoms in total. The predicted molar refractivity (Wildman–Crippen MR) is 86.2 cm³/mol. The highest BCUT2D eigenvalue weighted by molar-refractivity contribution is 5.97. The molecule has 0 spiro atoms. The maximum Gasteiger partial charge on any atom is 0.275 e.